The van der Waals surface area contributed by atoms with Crippen LogP contribution in [0.15, 0.2) is 24.4 Å². The standard InChI is InChI=1S/C15H17N3O3/c1-18-15-12(8-16-18)10(7-14(19)17-15)11-6-9(20-2)4-5-13(11)21-3/h4-6,8,10H,7H2,1-3H3,(H,17,19). The third-order valence-corrected chi connectivity index (χ3v) is 3.80. The van der Waals surface area contributed by atoms with Crippen molar-refractivity contribution in [2.75, 3.05) is 19.5 Å². The summed E-state index contributed by atoms with van der Waals surface area (Å²) in [4.78, 5) is 12.0. The van der Waals surface area contributed by atoms with E-state index in [9.17, 15) is 4.79 Å². The zero-order valence-electron chi connectivity index (χ0n) is 12.2. The molecule has 1 aromatic heterocycles. The lowest BCUT2D eigenvalue weighted by Crippen LogP contribution is -2.24. The van der Waals surface area contributed by atoms with E-state index >= 15 is 0 Å². The second kappa shape index (κ2) is 5.12. The molecule has 0 aliphatic carbocycles. The predicted molar refractivity (Wildman–Crippen MR) is 77.8 cm³/mol. The van der Waals surface area contributed by atoms with Gasteiger partial charge in [0.05, 0.1) is 20.4 Å². The number of anilines is 1. The lowest BCUT2D eigenvalue weighted by atomic mass is 9.86. The quantitative estimate of drug-likeness (QED) is 0.936. The third kappa shape index (κ3) is 2.22. The maximum absolute atomic E-state index is 12.0. The van der Waals surface area contributed by atoms with E-state index in [-0.39, 0.29) is 11.8 Å². The molecule has 1 aromatic carbocycles. The minimum absolute atomic E-state index is 0.0269. The van der Waals surface area contributed by atoms with Gasteiger partial charge in [0, 0.05) is 30.5 Å². The van der Waals surface area contributed by atoms with E-state index in [0.29, 0.717) is 6.42 Å². The summed E-state index contributed by atoms with van der Waals surface area (Å²) in [7, 11) is 5.05. The molecule has 0 bridgehead atoms. The summed E-state index contributed by atoms with van der Waals surface area (Å²) in [6.07, 6.45) is 2.15. The Morgan fingerprint density at radius 2 is 2.10 bits per heavy atom. The Morgan fingerprint density at radius 3 is 2.81 bits per heavy atom. The Bertz CT molecular complexity index is 693. The summed E-state index contributed by atoms with van der Waals surface area (Å²) in [5.41, 5.74) is 1.92. The first-order chi connectivity index (χ1) is 10.1. The van der Waals surface area contributed by atoms with Gasteiger partial charge in [0.1, 0.15) is 17.3 Å². The van der Waals surface area contributed by atoms with E-state index in [1.165, 1.54) is 0 Å². The molecule has 0 saturated carbocycles. The molecule has 1 atom stereocenters. The summed E-state index contributed by atoms with van der Waals surface area (Å²) in [6.45, 7) is 0. The largest absolute Gasteiger partial charge is 0.497 e. The maximum atomic E-state index is 12.0. The fraction of sp³-hybridized carbons (Fsp3) is 0.333. The number of methoxy groups -OCH3 is 2. The van der Waals surface area contributed by atoms with Gasteiger partial charge in [-0.2, -0.15) is 5.10 Å². The number of hydrogen-bond acceptors (Lipinski definition) is 4. The molecule has 0 saturated heterocycles. The predicted octanol–water partition coefficient (Wildman–Crippen LogP) is 1.91. The van der Waals surface area contributed by atoms with E-state index in [1.54, 1.807) is 25.1 Å². The highest BCUT2D eigenvalue weighted by molar-refractivity contribution is 5.94. The third-order valence-electron chi connectivity index (χ3n) is 3.80. The number of nitrogens with one attached hydrogen (secondary N) is 1. The van der Waals surface area contributed by atoms with Gasteiger partial charge in [-0.1, -0.05) is 0 Å². The molecule has 110 valence electrons. The van der Waals surface area contributed by atoms with Crippen molar-refractivity contribution < 1.29 is 14.3 Å². The van der Waals surface area contributed by atoms with Crippen molar-refractivity contribution in [2.24, 2.45) is 7.05 Å². The van der Waals surface area contributed by atoms with Crippen molar-refractivity contribution in [2.45, 2.75) is 12.3 Å². The zero-order chi connectivity index (χ0) is 15.0. The van der Waals surface area contributed by atoms with Crippen LogP contribution in [0, 0.1) is 0 Å². The van der Waals surface area contributed by atoms with Crippen LogP contribution in [-0.4, -0.2) is 29.9 Å². The Morgan fingerprint density at radius 1 is 1.29 bits per heavy atom. The highest BCUT2D eigenvalue weighted by atomic mass is 16.5. The van der Waals surface area contributed by atoms with Crippen LogP contribution in [0.1, 0.15) is 23.5 Å². The summed E-state index contributed by atoms with van der Waals surface area (Å²) in [5, 5.41) is 7.10. The fourth-order valence-corrected chi connectivity index (χ4v) is 2.73. The van der Waals surface area contributed by atoms with Gasteiger partial charge in [0.25, 0.3) is 0 Å². The molecular formula is C15H17N3O3. The molecule has 6 heteroatoms. The van der Waals surface area contributed by atoms with Crippen LogP contribution in [0.5, 0.6) is 11.5 Å². The molecule has 2 heterocycles. The molecule has 1 amide bonds. The van der Waals surface area contributed by atoms with Gasteiger partial charge in [-0.05, 0) is 18.2 Å². The fourth-order valence-electron chi connectivity index (χ4n) is 2.73. The van der Waals surface area contributed by atoms with Crippen LogP contribution in [0.25, 0.3) is 0 Å². The SMILES string of the molecule is COc1ccc(OC)c(C2CC(=O)Nc3c2cnn3C)c1. The lowest BCUT2D eigenvalue weighted by Gasteiger charge is -2.25. The minimum Gasteiger partial charge on any atom is -0.497 e. The first-order valence-corrected chi connectivity index (χ1v) is 6.67. The van der Waals surface area contributed by atoms with Gasteiger partial charge in [-0.25, -0.2) is 0 Å². The number of ether oxygens (including phenoxy) is 2. The Balaban J connectivity index is 2.14. The average Bonchev–Trinajstić information content (AvgIpc) is 2.87. The number of benzene rings is 1. The number of hydrogen-bond donors (Lipinski definition) is 1. The summed E-state index contributed by atoms with van der Waals surface area (Å²) < 4.78 is 12.4. The number of carbonyl (C=O) groups is 1. The first-order valence-electron chi connectivity index (χ1n) is 6.67. The smallest absolute Gasteiger partial charge is 0.226 e. The van der Waals surface area contributed by atoms with Crippen LogP contribution in [0.3, 0.4) is 0 Å². The van der Waals surface area contributed by atoms with Gasteiger partial charge in [-0.15, -0.1) is 0 Å². The number of aromatic nitrogens is 2. The minimum atomic E-state index is -0.0903. The molecule has 1 N–H and O–H groups in total. The van der Waals surface area contributed by atoms with Crippen LogP contribution in [0.2, 0.25) is 0 Å². The Hall–Kier alpha value is -2.50. The Kier molecular flexibility index (Phi) is 3.29. The lowest BCUT2D eigenvalue weighted by molar-refractivity contribution is -0.116. The topological polar surface area (TPSA) is 65.4 Å². The van der Waals surface area contributed by atoms with Crippen molar-refractivity contribution in [1.82, 2.24) is 9.78 Å². The summed E-state index contributed by atoms with van der Waals surface area (Å²) in [5.74, 6) is 2.10. The molecule has 0 spiro atoms. The van der Waals surface area contributed by atoms with Crippen molar-refractivity contribution in [3.63, 3.8) is 0 Å². The normalized spacial score (nSPS) is 17.1. The van der Waals surface area contributed by atoms with E-state index in [4.69, 9.17) is 9.47 Å². The van der Waals surface area contributed by atoms with Crippen LogP contribution in [0.4, 0.5) is 5.82 Å². The number of nitrogens with zero attached hydrogens (tertiary/aromatic N) is 2. The van der Waals surface area contributed by atoms with Crippen molar-refractivity contribution in [3.8, 4) is 11.5 Å². The van der Waals surface area contributed by atoms with E-state index in [0.717, 1.165) is 28.4 Å². The van der Waals surface area contributed by atoms with Crippen molar-refractivity contribution >= 4 is 11.7 Å². The number of amides is 1. The molecule has 1 aliphatic heterocycles. The monoisotopic (exact) mass is 287 g/mol. The molecular weight excluding hydrogens is 270 g/mol. The molecule has 1 unspecified atom stereocenters. The molecule has 0 fully saturated rings. The highest BCUT2D eigenvalue weighted by Gasteiger charge is 2.31. The average molecular weight is 287 g/mol. The van der Waals surface area contributed by atoms with Crippen LogP contribution in [-0.2, 0) is 11.8 Å². The van der Waals surface area contributed by atoms with Gasteiger partial charge < -0.3 is 14.8 Å². The highest BCUT2D eigenvalue weighted by Crippen LogP contribution is 2.41. The van der Waals surface area contributed by atoms with Gasteiger partial charge in [0.2, 0.25) is 5.91 Å². The number of carbonyl (C=O) groups excluding carboxylic acids is 1. The maximum Gasteiger partial charge on any atom is 0.226 e. The van der Waals surface area contributed by atoms with E-state index in [1.807, 2.05) is 25.2 Å². The molecule has 0 radical (unpaired) electrons. The Labute approximate surface area is 122 Å². The molecule has 1 aliphatic rings. The zero-order valence-corrected chi connectivity index (χ0v) is 12.2. The van der Waals surface area contributed by atoms with Crippen LogP contribution >= 0.6 is 0 Å². The van der Waals surface area contributed by atoms with Crippen molar-refractivity contribution in [1.29, 1.82) is 0 Å². The molecule has 21 heavy (non-hydrogen) atoms. The molecule has 2 aromatic rings. The van der Waals surface area contributed by atoms with E-state index < -0.39 is 0 Å². The number of rotatable bonds is 3. The van der Waals surface area contributed by atoms with Gasteiger partial charge in [-0.3, -0.25) is 9.48 Å². The summed E-state index contributed by atoms with van der Waals surface area (Å²) >= 11 is 0. The molecule has 6 nitrogen and oxygen atoms in total. The molecule has 3 rings (SSSR count). The first kappa shape index (κ1) is 13.5. The van der Waals surface area contributed by atoms with Gasteiger partial charge >= 0.3 is 0 Å². The second-order valence-electron chi connectivity index (χ2n) is 4.98. The number of aryl methyl sites for hydroxylation is 1. The van der Waals surface area contributed by atoms with Crippen LogP contribution < -0.4 is 14.8 Å². The second-order valence-corrected chi connectivity index (χ2v) is 4.98. The van der Waals surface area contributed by atoms with Crippen molar-refractivity contribution in [3.05, 3.63) is 35.5 Å². The van der Waals surface area contributed by atoms with E-state index in [2.05, 4.69) is 10.4 Å². The summed E-state index contributed by atoms with van der Waals surface area (Å²) in [6, 6.07) is 5.62. The van der Waals surface area contributed by atoms with Gasteiger partial charge in [0.15, 0.2) is 0 Å². The number of fused-ring (bicyclic) bond motifs is 1.